The number of carboxylic acids is 1. The van der Waals surface area contributed by atoms with Crippen LogP contribution < -0.4 is 5.32 Å². The van der Waals surface area contributed by atoms with Gasteiger partial charge in [-0.05, 0) is 12.1 Å². The minimum Gasteiger partial charge on any atom is -0.478 e. The molecule has 4 nitrogen and oxygen atoms in total. The third kappa shape index (κ3) is 4.24. The molecule has 1 rings (SSSR count). The van der Waals surface area contributed by atoms with Gasteiger partial charge in [0.15, 0.2) is 0 Å². The lowest BCUT2D eigenvalue weighted by molar-refractivity contribution is 0.0697. The van der Waals surface area contributed by atoms with Crippen LogP contribution >= 0.6 is 11.8 Å². The van der Waals surface area contributed by atoms with Crippen LogP contribution in [0.25, 0.3) is 0 Å². The van der Waals surface area contributed by atoms with E-state index in [2.05, 4.69) is 16.2 Å². The van der Waals surface area contributed by atoms with Crippen LogP contribution in [0.2, 0.25) is 0 Å². The first-order valence-corrected chi connectivity index (χ1v) is 5.84. The quantitative estimate of drug-likeness (QED) is 0.579. The molecule has 0 atom stereocenters. The van der Waals surface area contributed by atoms with Gasteiger partial charge in [-0.15, -0.1) is 18.2 Å². The molecule has 84 valence electrons. The van der Waals surface area contributed by atoms with Crippen molar-refractivity contribution >= 4 is 23.5 Å². The van der Waals surface area contributed by atoms with Crippen LogP contribution in [0.1, 0.15) is 10.4 Å². The molecule has 0 radical (unpaired) electrons. The number of rotatable bonds is 6. The van der Waals surface area contributed by atoms with E-state index in [9.17, 15) is 4.79 Å². The minimum atomic E-state index is -0.952. The molecule has 0 spiro atoms. The smallest absolute Gasteiger partial charge is 0.335 e. The van der Waals surface area contributed by atoms with E-state index < -0.39 is 5.97 Å². The fourth-order valence-electron chi connectivity index (χ4n) is 1.04. The van der Waals surface area contributed by atoms with Crippen molar-refractivity contribution < 1.29 is 9.90 Å². The summed E-state index contributed by atoms with van der Waals surface area (Å²) in [6.45, 7) is 0.711. The highest BCUT2D eigenvalue weighted by molar-refractivity contribution is 7.99. The molecule has 1 heterocycles. The van der Waals surface area contributed by atoms with E-state index in [0.717, 1.165) is 5.75 Å². The molecule has 0 aromatic carbocycles. The van der Waals surface area contributed by atoms with Gasteiger partial charge >= 0.3 is 5.97 Å². The van der Waals surface area contributed by atoms with Crippen LogP contribution in [0.4, 0.5) is 5.82 Å². The predicted octanol–water partition coefficient (Wildman–Crippen LogP) is 1.56. The van der Waals surface area contributed by atoms with Gasteiger partial charge in [-0.1, -0.05) is 5.92 Å². The largest absolute Gasteiger partial charge is 0.478 e. The average molecular weight is 236 g/mol. The molecule has 0 aliphatic carbocycles. The summed E-state index contributed by atoms with van der Waals surface area (Å²) in [5, 5.41) is 11.8. The lowest BCUT2D eigenvalue weighted by Crippen LogP contribution is -2.07. The number of carbonyl (C=O) groups is 1. The number of nitrogens with zero attached hydrogens (tertiary/aromatic N) is 1. The SMILES string of the molecule is C#CCSCCNc1cc(C(=O)O)ccn1. The molecule has 0 saturated heterocycles. The topological polar surface area (TPSA) is 62.2 Å². The normalized spacial score (nSPS) is 9.44. The number of pyridine rings is 1. The summed E-state index contributed by atoms with van der Waals surface area (Å²) in [5.41, 5.74) is 0.230. The van der Waals surface area contributed by atoms with Gasteiger partial charge in [0.2, 0.25) is 0 Å². The maximum absolute atomic E-state index is 10.7. The standard InChI is InChI=1S/C11H12N2O2S/c1-2-6-16-7-5-13-10-8-9(11(14)15)3-4-12-10/h1,3-4,8H,5-7H2,(H,12,13)(H,14,15). The molecule has 1 aromatic heterocycles. The predicted molar refractivity (Wildman–Crippen MR) is 65.8 cm³/mol. The zero-order chi connectivity index (χ0) is 11.8. The second kappa shape index (κ2) is 6.75. The monoisotopic (exact) mass is 236 g/mol. The Labute approximate surface area is 98.5 Å². The van der Waals surface area contributed by atoms with Crippen molar-refractivity contribution in [2.75, 3.05) is 23.4 Å². The Bertz CT molecular complexity index is 401. The Hall–Kier alpha value is -1.67. The number of aromatic carboxylic acids is 1. The number of hydrogen-bond donors (Lipinski definition) is 2. The maximum atomic E-state index is 10.7. The van der Waals surface area contributed by atoms with Crippen molar-refractivity contribution in [2.45, 2.75) is 0 Å². The zero-order valence-corrected chi connectivity index (χ0v) is 9.46. The second-order valence-corrected chi connectivity index (χ2v) is 4.02. The first-order valence-electron chi connectivity index (χ1n) is 4.68. The highest BCUT2D eigenvalue weighted by atomic mass is 32.2. The number of carboxylic acid groups (broad SMARTS) is 1. The van der Waals surface area contributed by atoms with Crippen LogP contribution in [-0.4, -0.2) is 34.1 Å². The van der Waals surface area contributed by atoms with E-state index in [1.165, 1.54) is 18.3 Å². The fraction of sp³-hybridized carbons (Fsp3) is 0.273. The molecule has 0 amide bonds. The van der Waals surface area contributed by atoms with E-state index in [1.54, 1.807) is 11.8 Å². The molecule has 0 aliphatic heterocycles. The molecule has 1 aromatic rings. The van der Waals surface area contributed by atoms with Crippen molar-refractivity contribution in [1.82, 2.24) is 4.98 Å². The number of thioether (sulfide) groups is 1. The third-order valence-corrected chi connectivity index (χ3v) is 2.61. The second-order valence-electron chi connectivity index (χ2n) is 2.92. The molecular weight excluding hydrogens is 224 g/mol. The van der Waals surface area contributed by atoms with Gasteiger partial charge in [0.05, 0.1) is 11.3 Å². The molecule has 16 heavy (non-hydrogen) atoms. The number of aromatic nitrogens is 1. The number of hydrogen-bond acceptors (Lipinski definition) is 4. The summed E-state index contributed by atoms with van der Waals surface area (Å²) in [6.07, 6.45) is 6.58. The Balaban J connectivity index is 2.39. The molecule has 0 saturated carbocycles. The minimum absolute atomic E-state index is 0.230. The fourth-order valence-corrected chi connectivity index (χ4v) is 1.55. The van der Waals surface area contributed by atoms with Gasteiger partial charge < -0.3 is 10.4 Å². The van der Waals surface area contributed by atoms with E-state index in [4.69, 9.17) is 11.5 Å². The molecular formula is C11H12N2O2S. The first kappa shape index (κ1) is 12.4. The van der Waals surface area contributed by atoms with Gasteiger partial charge in [-0.2, -0.15) is 0 Å². The van der Waals surface area contributed by atoms with Crippen molar-refractivity contribution in [1.29, 1.82) is 0 Å². The summed E-state index contributed by atoms with van der Waals surface area (Å²) < 4.78 is 0. The Morgan fingerprint density at radius 3 is 3.19 bits per heavy atom. The van der Waals surface area contributed by atoms with E-state index in [0.29, 0.717) is 18.1 Å². The van der Waals surface area contributed by atoms with Crippen molar-refractivity contribution in [2.24, 2.45) is 0 Å². The van der Waals surface area contributed by atoms with Crippen LogP contribution in [0, 0.1) is 12.3 Å². The summed E-state index contributed by atoms with van der Waals surface area (Å²) >= 11 is 1.64. The van der Waals surface area contributed by atoms with Crippen LogP contribution in [0.15, 0.2) is 18.3 Å². The summed E-state index contributed by atoms with van der Waals surface area (Å²) in [6, 6.07) is 2.97. The molecule has 0 aliphatic rings. The summed E-state index contributed by atoms with van der Waals surface area (Å²) in [5.74, 6) is 3.70. The molecule has 0 fully saturated rings. The van der Waals surface area contributed by atoms with E-state index >= 15 is 0 Å². The Morgan fingerprint density at radius 2 is 2.50 bits per heavy atom. The van der Waals surface area contributed by atoms with Gasteiger partial charge in [0.1, 0.15) is 5.82 Å². The van der Waals surface area contributed by atoms with Gasteiger partial charge in [0.25, 0.3) is 0 Å². The first-order chi connectivity index (χ1) is 7.74. The number of terminal acetylenes is 1. The lowest BCUT2D eigenvalue weighted by Gasteiger charge is -2.04. The average Bonchev–Trinajstić information content (AvgIpc) is 2.29. The number of nitrogens with one attached hydrogen (secondary N) is 1. The summed E-state index contributed by atoms with van der Waals surface area (Å²) in [4.78, 5) is 14.7. The zero-order valence-electron chi connectivity index (χ0n) is 8.64. The van der Waals surface area contributed by atoms with E-state index in [1.807, 2.05) is 0 Å². The van der Waals surface area contributed by atoms with Crippen molar-refractivity contribution in [3.8, 4) is 12.3 Å². The van der Waals surface area contributed by atoms with Crippen LogP contribution in [0.5, 0.6) is 0 Å². The summed E-state index contributed by atoms with van der Waals surface area (Å²) in [7, 11) is 0. The van der Waals surface area contributed by atoms with Crippen LogP contribution in [-0.2, 0) is 0 Å². The Kier molecular flexibility index (Phi) is 5.23. The molecule has 2 N–H and O–H groups in total. The third-order valence-electron chi connectivity index (χ3n) is 1.74. The van der Waals surface area contributed by atoms with Gasteiger partial charge in [-0.25, -0.2) is 9.78 Å². The van der Waals surface area contributed by atoms with Gasteiger partial charge in [0, 0.05) is 18.5 Å². The lowest BCUT2D eigenvalue weighted by atomic mass is 10.2. The van der Waals surface area contributed by atoms with Crippen molar-refractivity contribution in [3.05, 3.63) is 23.9 Å². The maximum Gasteiger partial charge on any atom is 0.335 e. The Morgan fingerprint density at radius 1 is 1.69 bits per heavy atom. The van der Waals surface area contributed by atoms with E-state index in [-0.39, 0.29) is 5.56 Å². The van der Waals surface area contributed by atoms with Gasteiger partial charge in [-0.3, -0.25) is 0 Å². The molecule has 0 unspecified atom stereocenters. The highest BCUT2D eigenvalue weighted by Crippen LogP contribution is 2.07. The van der Waals surface area contributed by atoms with Crippen molar-refractivity contribution in [3.63, 3.8) is 0 Å². The van der Waals surface area contributed by atoms with Crippen LogP contribution in [0.3, 0.4) is 0 Å². The molecule has 5 heteroatoms. The molecule has 0 bridgehead atoms. The number of anilines is 1. The highest BCUT2D eigenvalue weighted by Gasteiger charge is 2.03.